The van der Waals surface area contributed by atoms with Gasteiger partial charge in [-0.05, 0) is 50.0 Å². The number of nitrogens with zero attached hydrogens (tertiary/aromatic N) is 1. The van der Waals surface area contributed by atoms with Gasteiger partial charge in [0.05, 0.1) is 6.61 Å². The Morgan fingerprint density at radius 2 is 1.90 bits per heavy atom. The molecule has 0 N–H and O–H groups in total. The van der Waals surface area contributed by atoms with Crippen molar-refractivity contribution in [2.45, 2.75) is 39.5 Å². The van der Waals surface area contributed by atoms with Crippen molar-refractivity contribution in [2.24, 2.45) is 0 Å². The Labute approximate surface area is 124 Å². The van der Waals surface area contributed by atoms with Gasteiger partial charge in [-0.1, -0.05) is 45.1 Å². The summed E-state index contributed by atoms with van der Waals surface area (Å²) in [6.07, 6.45) is 6.72. The van der Waals surface area contributed by atoms with Crippen LogP contribution >= 0.6 is 0 Å². The zero-order valence-corrected chi connectivity index (χ0v) is 13.1. The van der Waals surface area contributed by atoms with Crippen LogP contribution < -0.4 is 4.74 Å². The van der Waals surface area contributed by atoms with Crippen LogP contribution in [0.15, 0.2) is 30.8 Å². The van der Waals surface area contributed by atoms with E-state index in [1.165, 1.54) is 32.4 Å². The summed E-state index contributed by atoms with van der Waals surface area (Å²) < 4.78 is 5.81. The standard InChI is InChI=1S/C18H29NO/c1-4-7-13-19(12-5-2)14-9-15-20-18-11-8-10-17(6-3)16-18/h6,8,10-11,16H,3-5,7,9,12-15H2,1-2H3. The highest BCUT2D eigenvalue weighted by Gasteiger charge is 2.03. The summed E-state index contributed by atoms with van der Waals surface area (Å²) in [6, 6.07) is 8.09. The van der Waals surface area contributed by atoms with Crippen molar-refractivity contribution in [3.63, 3.8) is 0 Å². The maximum absolute atomic E-state index is 5.81. The topological polar surface area (TPSA) is 12.5 Å². The van der Waals surface area contributed by atoms with Crippen LogP contribution in [0.4, 0.5) is 0 Å². The van der Waals surface area contributed by atoms with Gasteiger partial charge in [0.2, 0.25) is 0 Å². The third-order valence-corrected chi connectivity index (χ3v) is 3.35. The highest BCUT2D eigenvalue weighted by atomic mass is 16.5. The van der Waals surface area contributed by atoms with E-state index in [1.54, 1.807) is 0 Å². The predicted octanol–water partition coefficient (Wildman–Crippen LogP) is 4.61. The van der Waals surface area contributed by atoms with E-state index in [0.717, 1.165) is 30.9 Å². The number of unbranched alkanes of at least 4 members (excludes halogenated alkanes) is 1. The molecular formula is C18H29NO. The fourth-order valence-electron chi connectivity index (χ4n) is 2.24. The molecule has 20 heavy (non-hydrogen) atoms. The molecule has 0 spiro atoms. The molecule has 0 aromatic heterocycles. The molecule has 0 fully saturated rings. The largest absolute Gasteiger partial charge is 0.494 e. The lowest BCUT2D eigenvalue weighted by atomic mass is 10.2. The van der Waals surface area contributed by atoms with Crippen LogP contribution in [-0.4, -0.2) is 31.1 Å². The van der Waals surface area contributed by atoms with Crippen molar-refractivity contribution < 1.29 is 4.74 Å². The summed E-state index contributed by atoms with van der Waals surface area (Å²) in [5.41, 5.74) is 1.11. The predicted molar refractivity (Wildman–Crippen MR) is 88.3 cm³/mol. The minimum absolute atomic E-state index is 0.785. The van der Waals surface area contributed by atoms with Gasteiger partial charge in [-0.3, -0.25) is 0 Å². The molecule has 1 rings (SSSR count). The molecule has 0 atom stereocenters. The zero-order valence-electron chi connectivity index (χ0n) is 13.1. The Hall–Kier alpha value is -1.28. The molecule has 0 saturated heterocycles. The van der Waals surface area contributed by atoms with Gasteiger partial charge in [0.1, 0.15) is 5.75 Å². The summed E-state index contributed by atoms with van der Waals surface area (Å²) in [6.45, 7) is 12.6. The van der Waals surface area contributed by atoms with Crippen LogP contribution in [0.5, 0.6) is 5.75 Å². The molecule has 0 heterocycles. The average molecular weight is 275 g/mol. The van der Waals surface area contributed by atoms with E-state index in [0.29, 0.717) is 0 Å². The minimum atomic E-state index is 0.785. The maximum Gasteiger partial charge on any atom is 0.119 e. The van der Waals surface area contributed by atoms with E-state index in [-0.39, 0.29) is 0 Å². The second-order valence-electron chi connectivity index (χ2n) is 5.17. The van der Waals surface area contributed by atoms with Crippen LogP contribution in [0.2, 0.25) is 0 Å². The molecule has 2 heteroatoms. The SMILES string of the molecule is C=Cc1cccc(OCCCN(CCC)CCCC)c1. The first-order chi connectivity index (χ1) is 9.80. The van der Waals surface area contributed by atoms with Crippen molar-refractivity contribution in [1.82, 2.24) is 4.90 Å². The molecule has 0 radical (unpaired) electrons. The Morgan fingerprint density at radius 1 is 1.10 bits per heavy atom. The Morgan fingerprint density at radius 3 is 2.60 bits per heavy atom. The number of benzene rings is 1. The second-order valence-corrected chi connectivity index (χ2v) is 5.17. The van der Waals surface area contributed by atoms with Gasteiger partial charge >= 0.3 is 0 Å². The Balaban J connectivity index is 2.26. The Bertz CT molecular complexity index is 375. The van der Waals surface area contributed by atoms with E-state index in [9.17, 15) is 0 Å². The number of ether oxygens (including phenoxy) is 1. The second kappa shape index (κ2) is 10.5. The number of hydrogen-bond acceptors (Lipinski definition) is 2. The van der Waals surface area contributed by atoms with E-state index in [4.69, 9.17) is 4.74 Å². The van der Waals surface area contributed by atoms with Gasteiger partial charge in [-0.2, -0.15) is 0 Å². The summed E-state index contributed by atoms with van der Waals surface area (Å²) in [5, 5.41) is 0. The van der Waals surface area contributed by atoms with Crippen LogP contribution in [0, 0.1) is 0 Å². The molecule has 0 bridgehead atoms. The Kier molecular flexibility index (Phi) is 8.81. The smallest absolute Gasteiger partial charge is 0.119 e. The maximum atomic E-state index is 5.81. The molecule has 1 aromatic carbocycles. The quantitative estimate of drug-likeness (QED) is 0.547. The summed E-state index contributed by atoms with van der Waals surface area (Å²) >= 11 is 0. The van der Waals surface area contributed by atoms with Crippen LogP contribution in [0.1, 0.15) is 45.1 Å². The summed E-state index contributed by atoms with van der Waals surface area (Å²) in [5.74, 6) is 0.943. The van der Waals surface area contributed by atoms with E-state index in [2.05, 4.69) is 25.3 Å². The fourth-order valence-corrected chi connectivity index (χ4v) is 2.24. The first kappa shape index (κ1) is 16.8. The molecular weight excluding hydrogens is 246 g/mol. The highest BCUT2D eigenvalue weighted by molar-refractivity contribution is 5.49. The van der Waals surface area contributed by atoms with E-state index >= 15 is 0 Å². The van der Waals surface area contributed by atoms with Crippen LogP contribution in [0.25, 0.3) is 6.08 Å². The lowest BCUT2D eigenvalue weighted by Gasteiger charge is -2.21. The third kappa shape index (κ3) is 6.76. The van der Waals surface area contributed by atoms with Gasteiger partial charge in [0.15, 0.2) is 0 Å². The first-order valence-corrected chi connectivity index (χ1v) is 7.87. The van der Waals surface area contributed by atoms with Crippen molar-refractivity contribution in [1.29, 1.82) is 0 Å². The average Bonchev–Trinajstić information content (AvgIpc) is 2.49. The van der Waals surface area contributed by atoms with Crippen molar-refractivity contribution in [2.75, 3.05) is 26.2 Å². The highest BCUT2D eigenvalue weighted by Crippen LogP contribution is 2.14. The van der Waals surface area contributed by atoms with Gasteiger partial charge in [0.25, 0.3) is 0 Å². The van der Waals surface area contributed by atoms with Gasteiger partial charge in [-0.15, -0.1) is 0 Å². The van der Waals surface area contributed by atoms with E-state index < -0.39 is 0 Å². The molecule has 0 aliphatic heterocycles. The summed E-state index contributed by atoms with van der Waals surface area (Å²) in [4.78, 5) is 2.55. The lowest BCUT2D eigenvalue weighted by Crippen LogP contribution is -2.27. The minimum Gasteiger partial charge on any atom is -0.494 e. The van der Waals surface area contributed by atoms with Gasteiger partial charge < -0.3 is 9.64 Å². The molecule has 2 nitrogen and oxygen atoms in total. The van der Waals surface area contributed by atoms with Crippen molar-refractivity contribution >= 4 is 6.08 Å². The molecule has 112 valence electrons. The van der Waals surface area contributed by atoms with Crippen molar-refractivity contribution in [3.05, 3.63) is 36.4 Å². The third-order valence-electron chi connectivity index (χ3n) is 3.35. The molecule has 0 unspecified atom stereocenters. The molecule has 0 saturated carbocycles. The van der Waals surface area contributed by atoms with Crippen molar-refractivity contribution in [3.8, 4) is 5.75 Å². The van der Waals surface area contributed by atoms with E-state index in [1.807, 2.05) is 30.3 Å². The molecule has 1 aromatic rings. The van der Waals surface area contributed by atoms with Crippen LogP contribution in [0.3, 0.4) is 0 Å². The van der Waals surface area contributed by atoms with Gasteiger partial charge in [-0.25, -0.2) is 0 Å². The molecule has 0 aliphatic carbocycles. The van der Waals surface area contributed by atoms with Crippen LogP contribution in [-0.2, 0) is 0 Å². The molecule has 0 amide bonds. The molecule has 0 aliphatic rings. The van der Waals surface area contributed by atoms with Gasteiger partial charge in [0, 0.05) is 6.54 Å². The fraction of sp³-hybridized carbons (Fsp3) is 0.556. The zero-order chi connectivity index (χ0) is 14.6. The number of rotatable bonds is 11. The normalized spacial score (nSPS) is 10.8. The lowest BCUT2D eigenvalue weighted by molar-refractivity contribution is 0.231. The monoisotopic (exact) mass is 275 g/mol. The number of hydrogen-bond donors (Lipinski definition) is 0. The first-order valence-electron chi connectivity index (χ1n) is 7.87. The summed E-state index contributed by atoms with van der Waals surface area (Å²) in [7, 11) is 0.